The van der Waals surface area contributed by atoms with E-state index in [2.05, 4.69) is 15.4 Å². The predicted octanol–water partition coefficient (Wildman–Crippen LogP) is -1.41. The molecule has 110 valence electrons. The summed E-state index contributed by atoms with van der Waals surface area (Å²) in [5, 5.41) is 25.1. The summed E-state index contributed by atoms with van der Waals surface area (Å²) < 4.78 is 1.56. The third-order valence-corrected chi connectivity index (χ3v) is 3.10. The molecule has 9 heteroatoms. The third kappa shape index (κ3) is 3.23. The number of aliphatic hydroxyl groups is 1. The molecular formula is C11H17N5O4. The number of amides is 2. The Balaban J connectivity index is 1.83. The number of nitrogens with zero attached hydrogens (tertiary/aromatic N) is 4. The summed E-state index contributed by atoms with van der Waals surface area (Å²) in [4.78, 5) is 28.1. The molecule has 9 nitrogen and oxygen atoms in total. The van der Waals surface area contributed by atoms with Gasteiger partial charge in [-0.15, -0.1) is 0 Å². The van der Waals surface area contributed by atoms with E-state index >= 15 is 0 Å². The van der Waals surface area contributed by atoms with Crippen molar-refractivity contribution in [3.8, 4) is 0 Å². The molecule has 0 bridgehead atoms. The topological polar surface area (TPSA) is 121 Å². The minimum absolute atomic E-state index is 0.0324. The number of aliphatic carboxylic acids is 1. The molecule has 2 atom stereocenters. The van der Waals surface area contributed by atoms with Crippen molar-refractivity contribution in [1.82, 2.24) is 25.0 Å². The summed E-state index contributed by atoms with van der Waals surface area (Å²) in [5.74, 6) is -0.507. The zero-order valence-electron chi connectivity index (χ0n) is 11.1. The SMILES string of the molecule is Cn1cnc(CCNC(=O)N2C[C@@H](O)C[C@H]2C(=O)O)n1. The zero-order chi connectivity index (χ0) is 14.7. The van der Waals surface area contributed by atoms with Gasteiger partial charge in [0.05, 0.1) is 6.10 Å². The highest BCUT2D eigenvalue weighted by molar-refractivity contribution is 5.83. The van der Waals surface area contributed by atoms with Crippen molar-refractivity contribution in [2.75, 3.05) is 13.1 Å². The maximum absolute atomic E-state index is 11.9. The van der Waals surface area contributed by atoms with Crippen LogP contribution in [0.15, 0.2) is 6.33 Å². The van der Waals surface area contributed by atoms with Crippen molar-refractivity contribution in [3.63, 3.8) is 0 Å². The number of aryl methyl sites for hydroxylation is 1. The van der Waals surface area contributed by atoms with Crippen molar-refractivity contribution < 1.29 is 19.8 Å². The van der Waals surface area contributed by atoms with Gasteiger partial charge in [-0.3, -0.25) is 4.68 Å². The molecule has 1 aromatic rings. The summed E-state index contributed by atoms with van der Waals surface area (Å²) in [6.07, 6.45) is 1.29. The Morgan fingerprint density at radius 3 is 2.90 bits per heavy atom. The number of carbonyl (C=O) groups is 2. The third-order valence-electron chi connectivity index (χ3n) is 3.10. The Bertz CT molecular complexity index is 503. The fourth-order valence-corrected chi connectivity index (χ4v) is 2.15. The normalized spacial score (nSPS) is 22.0. The van der Waals surface area contributed by atoms with E-state index in [0.29, 0.717) is 18.8 Å². The molecule has 2 amide bonds. The zero-order valence-corrected chi connectivity index (χ0v) is 11.1. The van der Waals surface area contributed by atoms with Crippen molar-refractivity contribution in [1.29, 1.82) is 0 Å². The van der Waals surface area contributed by atoms with Crippen LogP contribution in [0.2, 0.25) is 0 Å². The van der Waals surface area contributed by atoms with Gasteiger partial charge in [0.25, 0.3) is 0 Å². The number of nitrogens with one attached hydrogen (secondary N) is 1. The number of β-amino-alcohol motifs (C(OH)–C–C–N with tert-alkyl or cyclic N) is 1. The van der Waals surface area contributed by atoms with Crippen LogP contribution in [0.4, 0.5) is 4.79 Å². The molecule has 0 radical (unpaired) electrons. The monoisotopic (exact) mass is 283 g/mol. The molecule has 1 saturated heterocycles. The van der Waals surface area contributed by atoms with Gasteiger partial charge >= 0.3 is 12.0 Å². The van der Waals surface area contributed by atoms with E-state index in [9.17, 15) is 14.7 Å². The van der Waals surface area contributed by atoms with Crippen LogP contribution < -0.4 is 5.32 Å². The fourth-order valence-electron chi connectivity index (χ4n) is 2.15. The molecule has 0 aliphatic carbocycles. The van der Waals surface area contributed by atoms with Gasteiger partial charge in [0.15, 0.2) is 5.82 Å². The minimum Gasteiger partial charge on any atom is -0.480 e. The van der Waals surface area contributed by atoms with E-state index in [1.807, 2.05) is 0 Å². The Morgan fingerprint density at radius 1 is 1.55 bits per heavy atom. The highest BCUT2D eigenvalue weighted by Crippen LogP contribution is 2.17. The first-order chi connectivity index (χ1) is 9.47. The van der Waals surface area contributed by atoms with Crippen LogP contribution >= 0.6 is 0 Å². The lowest BCUT2D eigenvalue weighted by atomic mass is 10.2. The van der Waals surface area contributed by atoms with Gasteiger partial charge < -0.3 is 20.4 Å². The summed E-state index contributed by atoms with van der Waals surface area (Å²) in [6, 6.07) is -1.47. The van der Waals surface area contributed by atoms with Crippen LogP contribution in [0.25, 0.3) is 0 Å². The molecule has 0 spiro atoms. The maximum atomic E-state index is 11.9. The first-order valence-electron chi connectivity index (χ1n) is 6.27. The molecule has 20 heavy (non-hydrogen) atoms. The Hall–Kier alpha value is -2.16. The van der Waals surface area contributed by atoms with Crippen LogP contribution in [0.3, 0.4) is 0 Å². The van der Waals surface area contributed by atoms with Crippen LogP contribution in [0.5, 0.6) is 0 Å². The number of urea groups is 1. The molecule has 1 fully saturated rings. The largest absolute Gasteiger partial charge is 0.480 e. The van der Waals surface area contributed by atoms with Crippen molar-refractivity contribution in [3.05, 3.63) is 12.2 Å². The highest BCUT2D eigenvalue weighted by atomic mass is 16.4. The number of hydrogen-bond acceptors (Lipinski definition) is 5. The maximum Gasteiger partial charge on any atom is 0.326 e. The standard InChI is InChI=1S/C11H17N5O4/c1-15-6-13-9(14-15)2-3-12-11(20)16-5-7(17)4-8(16)10(18)19/h6-8,17H,2-5H2,1H3,(H,12,20)(H,18,19)/t7-,8-/m0/s1. The van der Waals surface area contributed by atoms with Crippen LogP contribution in [-0.4, -0.2) is 67.1 Å². The van der Waals surface area contributed by atoms with Crippen LogP contribution in [0, 0.1) is 0 Å². The Morgan fingerprint density at radius 2 is 2.30 bits per heavy atom. The second kappa shape index (κ2) is 5.87. The second-order valence-corrected chi connectivity index (χ2v) is 4.71. The lowest BCUT2D eigenvalue weighted by Gasteiger charge is -2.21. The van der Waals surface area contributed by atoms with E-state index < -0.39 is 24.1 Å². The lowest BCUT2D eigenvalue weighted by Crippen LogP contribution is -2.46. The number of rotatable bonds is 4. The smallest absolute Gasteiger partial charge is 0.326 e. The number of carboxylic acid groups (broad SMARTS) is 1. The summed E-state index contributed by atoms with van der Waals surface area (Å²) in [7, 11) is 1.75. The molecule has 2 heterocycles. The average molecular weight is 283 g/mol. The van der Waals surface area contributed by atoms with Crippen molar-refractivity contribution in [2.45, 2.75) is 25.0 Å². The number of aliphatic hydroxyl groups excluding tert-OH is 1. The molecular weight excluding hydrogens is 266 g/mol. The Labute approximate surface area is 115 Å². The number of likely N-dealkylation sites (tertiary alicyclic amines) is 1. The van der Waals surface area contributed by atoms with Crippen molar-refractivity contribution in [2.24, 2.45) is 7.05 Å². The van der Waals surface area contributed by atoms with E-state index in [4.69, 9.17) is 5.11 Å². The number of aromatic nitrogens is 3. The first-order valence-corrected chi connectivity index (χ1v) is 6.27. The number of hydrogen-bond donors (Lipinski definition) is 3. The van der Waals surface area contributed by atoms with Crippen LogP contribution in [-0.2, 0) is 18.3 Å². The predicted molar refractivity (Wildman–Crippen MR) is 66.9 cm³/mol. The molecule has 0 aromatic carbocycles. The summed E-state index contributed by atoms with van der Waals surface area (Å²) >= 11 is 0. The fraction of sp³-hybridized carbons (Fsp3) is 0.636. The van der Waals surface area contributed by atoms with Gasteiger partial charge in [0.2, 0.25) is 0 Å². The molecule has 3 N–H and O–H groups in total. The number of carbonyl (C=O) groups excluding carboxylic acids is 1. The summed E-state index contributed by atoms with van der Waals surface area (Å²) in [6.45, 7) is 0.340. The van der Waals surface area contributed by atoms with Gasteiger partial charge in [0.1, 0.15) is 12.4 Å². The van der Waals surface area contributed by atoms with Gasteiger partial charge in [-0.2, -0.15) is 5.10 Å². The highest BCUT2D eigenvalue weighted by Gasteiger charge is 2.38. The molecule has 2 rings (SSSR count). The minimum atomic E-state index is -1.11. The Kier molecular flexibility index (Phi) is 4.18. The van der Waals surface area contributed by atoms with Crippen LogP contribution in [0.1, 0.15) is 12.2 Å². The van der Waals surface area contributed by atoms with E-state index in [1.54, 1.807) is 18.1 Å². The number of carboxylic acids is 1. The molecule has 0 unspecified atom stereocenters. The van der Waals surface area contributed by atoms with Gasteiger partial charge in [-0.25, -0.2) is 14.6 Å². The molecule has 0 saturated carbocycles. The van der Waals surface area contributed by atoms with Gasteiger partial charge in [-0.1, -0.05) is 0 Å². The lowest BCUT2D eigenvalue weighted by molar-refractivity contribution is -0.141. The van der Waals surface area contributed by atoms with E-state index in [-0.39, 0.29) is 13.0 Å². The molecule has 1 aliphatic rings. The summed E-state index contributed by atoms with van der Waals surface area (Å²) in [5.41, 5.74) is 0. The molecule has 1 aliphatic heterocycles. The average Bonchev–Trinajstić information content (AvgIpc) is 2.95. The van der Waals surface area contributed by atoms with E-state index in [0.717, 1.165) is 4.90 Å². The van der Waals surface area contributed by atoms with Crippen molar-refractivity contribution >= 4 is 12.0 Å². The van der Waals surface area contributed by atoms with Gasteiger partial charge in [0, 0.05) is 33.0 Å². The van der Waals surface area contributed by atoms with E-state index in [1.165, 1.54) is 0 Å². The van der Waals surface area contributed by atoms with Gasteiger partial charge in [-0.05, 0) is 0 Å². The first kappa shape index (κ1) is 14.3. The quantitative estimate of drug-likeness (QED) is 0.624. The molecule has 1 aromatic heterocycles. The second-order valence-electron chi connectivity index (χ2n) is 4.71.